The van der Waals surface area contributed by atoms with Gasteiger partial charge >= 0.3 is 0 Å². The van der Waals surface area contributed by atoms with Crippen LogP contribution in [0.3, 0.4) is 0 Å². The number of carbonyl (C=O) groups is 1. The van der Waals surface area contributed by atoms with Crippen LogP contribution >= 0.6 is 11.6 Å². The highest BCUT2D eigenvalue weighted by atomic mass is 35.5. The molecule has 7 nitrogen and oxygen atoms in total. The van der Waals surface area contributed by atoms with Gasteiger partial charge in [0.05, 0.1) is 11.9 Å². The van der Waals surface area contributed by atoms with Crippen molar-refractivity contribution in [1.82, 2.24) is 24.8 Å². The van der Waals surface area contributed by atoms with E-state index in [-0.39, 0.29) is 5.91 Å². The summed E-state index contributed by atoms with van der Waals surface area (Å²) < 4.78 is 5.75. The van der Waals surface area contributed by atoms with Gasteiger partial charge in [-0.05, 0) is 36.4 Å². The molecule has 0 radical (unpaired) electrons. The van der Waals surface area contributed by atoms with Gasteiger partial charge in [-0.15, -0.1) is 5.10 Å². The van der Waals surface area contributed by atoms with Crippen molar-refractivity contribution in [3.8, 4) is 11.4 Å². The standard InChI is InChI=1S/C21H22ClN5O2/c22-17-6-8-19(9-7-17)29-15-14-25-10-12-26(13-11-25)21(28)20-16-23-27(24-20)18-4-2-1-3-5-18/h1-9,16H,10-15H2. The fourth-order valence-electron chi connectivity index (χ4n) is 3.21. The van der Waals surface area contributed by atoms with E-state index >= 15 is 0 Å². The lowest BCUT2D eigenvalue weighted by molar-refractivity contribution is 0.0614. The maximum atomic E-state index is 12.7. The number of nitrogens with zero attached hydrogens (tertiary/aromatic N) is 5. The van der Waals surface area contributed by atoms with Gasteiger partial charge in [0.15, 0.2) is 5.69 Å². The first-order chi connectivity index (χ1) is 14.2. The summed E-state index contributed by atoms with van der Waals surface area (Å²) >= 11 is 5.88. The number of rotatable bonds is 6. The van der Waals surface area contributed by atoms with Crippen molar-refractivity contribution in [2.45, 2.75) is 0 Å². The summed E-state index contributed by atoms with van der Waals surface area (Å²) in [5.41, 5.74) is 1.20. The average molecular weight is 412 g/mol. The van der Waals surface area contributed by atoms with Crippen LogP contribution in [0.1, 0.15) is 10.5 Å². The summed E-state index contributed by atoms with van der Waals surface area (Å²) in [7, 11) is 0. The van der Waals surface area contributed by atoms with E-state index in [1.807, 2.05) is 59.5 Å². The Morgan fingerprint density at radius 1 is 1.00 bits per heavy atom. The van der Waals surface area contributed by atoms with E-state index in [0.717, 1.165) is 31.1 Å². The minimum atomic E-state index is -0.0794. The van der Waals surface area contributed by atoms with Gasteiger partial charge in [-0.2, -0.15) is 9.90 Å². The number of hydrogen-bond donors (Lipinski definition) is 0. The van der Waals surface area contributed by atoms with Crippen molar-refractivity contribution in [2.75, 3.05) is 39.3 Å². The third-order valence-corrected chi connectivity index (χ3v) is 5.10. The molecule has 150 valence electrons. The van der Waals surface area contributed by atoms with Crippen molar-refractivity contribution in [2.24, 2.45) is 0 Å². The summed E-state index contributed by atoms with van der Waals surface area (Å²) in [5.74, 6) is 0.731. The molecule has 4 rings (SSSR count). The summed E-state index contributed by atoms with van der Waals surface area (Å²) in [6.45, 7) is 4.36. The lowest BCUT2D eigenvalue weighted by atomic mass is 10.3. The summed E-state index contributed by atoms with van der Waals surface area (Å²) in [6, 6.07) is 16.9. The molecular formula is C21H22ClN5O2. The van der Waals surface area contributed by atoms with Gasteiger partial charge in [0.2, 0.25) is 0 Å². The van der Waals surface area contributed by atoms with Crippen LogP contribution in [0, 0.1) is 0 Å². The Morgan fingerprint density at radius 3 is 2.45 bits per heavy atom. The van der Waals surface area contributed by atoms with Crippen LogP contribution in [-0.2, 0) is 0 Å². The Bertz CT molecular complexity index is 937. The van der Waals surface area contributed by atoms with E-state index in [2.05, 4.69) is 15.1 Å². The Kier molecular flexibility index (Phi) is 6.07. The number of piperazine rings is 1. The molecule has 2 aromatic carbocycles. The summed E-state index contributed by atoms with van der Waals surface area (Å²) in [4.78, 5) is 18.3. The Morgan fingerprint density at radius 2 is 1.72 bits per heavy atom. The number of aromatic nitrogens is 3. The van der Waals surface area contributed by atoms with Crippen LogP contribution in [-0.4, -0.2) is 70.0 Å². The molecule has 0 bridgehead atoms. The number of amides is 1. The Hall–Kier alpha value is -2.90. The molecule has 1 saturated heterocycles. The molecule has 1 aliphatic rings. The average Bonchev–Trinajstić information content (AvgIpc) is 3.26. The molecule has 0 N–H and O–H groups in total. The fourth-order valence-corrected chi connectivity index (χ4v) is 3.33. The third kappa shape index (κ3) is 4.93. The second-order valence-electron chi connectivity index (χ2n) is 6.79. The molecule has 1 aromatic heterocycles. The van der Waals surface area contributed by atoms with Gasteiger partial charge in [0, 0.05) is 37.7 Å². The zero-order valence-corrected chi connectivity index (χ0v) is 16.7. The van der Waals surface area contributed by atoms with E-state index in [0.29, 0.717) is 30.4 Å². The van der Waals surface area contributed by atoms with Gasteiger partial charge in [-0.25, -0.2) is 0 Å². The van der Waals surface area contributed by atoms with Crippen LogP contribution in [0.25, 0.3) is 5.69 Å². The minimum Gasteiger partial charge on any atom is -0.492 e. The molecule has 3 aromatic rings. The Labute approximate surface area is 174 Å². The second-order valence-corrected chi connectivity index (χ2v) is 7.23. The molecule has 0 spiro atoms. The molecule has 8 heteroatoms. The number of para-hydroxylation sites is 1. The number of halogens is 1. The van der Waals surface area contributed by atoms with Crippen LogP contribution in [0.2, 0.25) is 5.02 Å². The molecule has 0 aliphatic carbocycles. The van der Waals surface area contributed by atoms with Gasteiger partial charge in [-0.3, -0.25) is 9.69 Å². The Balaban J connectivity index is 1.24. The molecule has 0 atom stereocenters. The highest BCUT2D eigenvalue weighted by Gasteiger charge is 2.24. The lowest BCUT2D eigenvalue weighted by Gasteiger charge is -2.34. The zero-order chi connectivity index (χ0) is 20.1. The van der Waals surface area contributed by atoms with E-state index in [9.17, 15) is 4.79 Å². The predicted octanol–water partition coefficient (Wildman–Crippen LogP) is 2.76. The molecule has 0 unspecified atom stereocenters. The number of benzene rings is 2. The second kappa shape index (κ2) is 9.07. The first kappa shape index (κ1) is 19.4. The molecule has 1 aliphatic heterocycles. The first-order valence-electron chi connectivity index (χ1n) is 9.57. The van der Waals surface area contributed by atoms with E-state index in [4.69, 9.17) is 16.3 Å². The van der Waals surface area contributed by atoms with Gasteiger partial charge < -0.3 is 9.64 Å². The van der Waals surface area contributed by atoms with E-state index in [1.165, 1.54) is 11.0 Å². The van der Waals surface area contributed by atoms with E-state index in [1.54, 1.807) is 0 Å². The van der Waals surface area contributed by atoms with Crippen LogP contribution in [0.15, 0.2) is 60.8 Å². The smallest absolute Gasteiger partial charge is 0.276 e. The van der Waals surface area contributed by atoms with Crippen molar-refractivity contribution in [3.63, 3.8) is 0 Å². The normalized spacial score (nSPS) is 14.7. The summed E-state index contributed by atoms with van der Waals surface area (Å²) in [5, 5.41) is 9.25. The van der Waals surface area contributed by atoms with Crippen molar-refractivity contribution < 1.29 is 9.53 Å². The SMILES string of the molecule is O=C(c1cnn(-c2ccccc2)n1)N1CCN(CCOc2ccc(Cl)cc2)CC1. The maximum Gasteiger partial charge on any atom is 0.276 e. The minimum absolute atomic E-state index is 0.0794. The lowest BCUT2D eigenvalue weighted by Crippen LogP contribution is -2.49. The maximum absolute atomic E-state index is 12.7. The molecule has 1 fully saturated rings. The van der Waals surface area contributed by atoms with Crippen LogP contribution in [0.5, 0.6) is 5.75 Å². The highest BCUT2D eigenvalue weighted by Crippen LogP contribution is 2.15. The van der Waals surface area contributed by atoms with E-state index < -0.39 is 0 Å². The monoisotopic (exact) mass is 411 g/mol. The van der Waals surface area contributed by atoms with Crippen molar-refractivity contribution >= 4 is 17.5 Å². The zero-order valence-electron chi connectivity index (χ0n) is 15.9. The summed E-state index contributed by atoms with van der Waals surface area (Å²) in [6.07, 6.45) is 1.53. The van der Waals surface area contributed by atoms with Crippen molar-refractivity contribution in [1.29, 1.82) is 0 Å². The molecular weight excluding hydrogens is 390 g/mol. The first-order valence-corrected chi connectivity index (χ1v) is 9.94. The van der Waals surface area contributed by atoms with Gasteiger partial charge in [0.1, 0.15) is 12.4 Å². The predicted molar refractivity (Wildman–Crippen MR) is 111 cm³/mol. The van der Waals surface area contributed by atoms with Gasteiger partial charge in [0.25, 0.3) is 5.91 Å². The molecule has 29 heavy (non-hydrogen) atoms. The third-order valence-electron chi connectivity index (χ3n) is 4.85. The number of ether oxygens (including phenoxy) is 1. The molecule has 2 heterocycles. The largest absolute Gasteiger partial charge is 0.492 e. The van der Waals surface area contributed by atoms with Gasteiger partial charge in [-0.1, -0.05) is 29.8 Å². The fraction of sp³-hybridized carbons (Fsp3) is 0.286. The number of carbonyl (C=O) groups excluding carboxylic acids is 1. The van der Waals surface area contributed by atoms with Crippen LogP contribution in [0.4, 0.5) is 0 Å². The van der Waals surface area contributed by atoms with Crippen LogP contribution < -0.4 is 4.74 Å². The number of hydrogen-bond acceptors (Lipinski definition) is 5. The molecule has 0 saturated carbocycles. The molecule has 1 amide bonds. The topological polar surface area (TPSA) is 63.5 Å². The highest BCUT2D eigenvalue weighted by molar-refractivity contribution is 6.30. The quantitative estimate of drug-likeness (QED) is 0.624. The van der Waals surface area contributed by atoms with Crippen molar-refractivity contribution in [3.05, 3.63) is 71.5 Å².